The molecule has 2 aromatic rings. The summed E-state index contributed by atoms with van der Waals surface area (Å²) >= 11 is 0. The fraction of sp³-hybridized carbons (Fsp3) is 0.588. The molecule has 7 heteroatoms. The van der Waals surface area contributed by atoms with E-state index in [9.17, 15) is 4.79 Å². The molecule has 0 saturated carbocycles. The van der Waals surface area contributed by atoms with Gasteiger partial charge < -0.3 is 9.80 Å². The average molecular weight is 330 g/mol. The van der Waals surface area contributed by atoms with Crippen molar-refractivity contribution in [3.8, 4) is 0 Å². The lowest BCUT2D eigenvalue weighted by Crippen LogP contribution is -2.42. The Hall–Kier alpha value is -2.15. The zero-order valence-corrected chi connectivity index (χ0v) is 14.9. The number of hydrogen-bond donors (Lipinski definition) is 0. The van der Waals surface area contributed by atoms with Gasteiger partial charge in [-0.1, -0.05) is 0 Å². The Labute approximate surface area is 142 Å². The Morgan fingerprint density at radius 3 is 2.92 bits per heavy atom. The third-order valence-electron chi connectivity index (χ3n) is 4.50. The summed E-state index contributed by atoms with van der Waals surface area (Å²) in [6.45, 7) is 6.89. The summed E-state index contributed by atoms with van der Waals surface area (Å²) in [6.07, 6.45) is 2.80. The maximum absolute atomic E-state index is 13.0. The minimum atomic E-state index is 0.0553. The summed E-state index contributed by atoms with van der Waals surface area (Å²) in [5.41, 5.74) is 2.65. The minimum Gasteiger partial charge on any atom is -0.329 e. The highest BCUT2D eigenvalue weighted by molar-refractivity contribution is 5.92. The summed E-state index contributed by atoms with van der Waals surface area (Å²) in [5.74, 6) is 0.0553. The molecule has 1 unspecified atom stereocenters. The topological polar surface area (TPSA) is 59.2 Å². The summed E-state index contributed by atoms with van der Waals surface area (Å²) < 4.78 is 3.87. The Bertz CT molecular complexity index is 716. The van der Waals surface area contributed by atoms with Crippen molar-refractivity contribution >= 4 is 5.91 Å². The van der Waals surface area contributed by atoms with Crippen LogP contribution < -0.4 is 0 Å². The normalized spacial score (nSPS) is 17.4. The second-order valence-corrected chi connectivity index (χ2v) is 6.69. The molecule has 130 valence electrons. The van der Waals surface area contributed by atoms with E-state index in [1.54, 1.807) is 4.68 Å². The highest BCUT2D eigenvalue weighted by Gasteiger charge is 2.30. The number of amides is 1. The molecule has 0 radical (unpaired) electrons. The van der Waals surface area contributed by atoms with Gasteiger partial charge in [-0.15, -0.1) is 0 Å². The number of aromatic nitrogens is 4. The molecule has 0 fully saturated rings. The Balaban J connectivity index is 1.83. The van der Waals surface area contributed by atoms with Crippen molar-refractivity contribution in [3.63, 3.8) is 0 Å². The number of carbonyl (C=O) groups is 1. The molecule has 7 nitrogen and oxygen atoms in total. The Kier molecular flexibility index (Phi) is 4.71. The molecule has 0 spiro atoms. The van der Waals surface area contributed by atoms with Crippen LogP contribution in [0.1, 0.15) is 41.3 Å². The quantitative estimate of drug-likeness (QED) is 0.835. The fourth-order valence-corrected chi connectivity index (χ4v) is 3.28. The van der Waals surface area contributed by atoms with Crippen molar-refractivity contribution in [2.45, 2.75) is 39.4 Å². The van der Waals surface area contributed by atoms with Crippen LogP contribution in [0.25, 0.3) is 0 Å². The van der Waals surface area contributed by atoms with E-state index >= 15 is 0 Å². The first-order valence-corrected chi connectivity index (χ1v) is 8.50. The molecule has 0 aliphatic carbocycles. The molecular weight excluding hydrogens is 304 g/mol. The van der Waals surface area contributed by atoms with Gasteiger partial charge >= 0.3 is 0 Å². The Morgan fingerprint density at radius 2 is 2.21 bits per heavy atom. The maximum Gasteiger partial charge on any atom is 0.272 e. The maximum atomic E-state index is 13.0. The molecule has 3 heterocycles. The van der Waals surface area contributed by atoms with Gasteiger partial charge in [0.05, 0.1) is 24.0 Å². The van der Waals surface area contributed by atoms with E-state index in [1.807, 2.05) is 37.1 Å². The lowest BCUT2D eigenvalue weighted by atomic mass is 10.1. The molecular formula is C17H26N6O. The van der Waals surface area contributed by atoms with Gasteiger partial charge in [0.1, 0.15) is 5.69 Å². The zero-order valence-electron chi connectivity index (χ0n) is 14.9. The highest BCUT2D eigenvalue weighted by atomic mass is 16.2. The van der Waals surface area contributed by atoms with Crippen LogP contribution in [0.15, 0.2) is 18.3 Å². The van der Waals surface area contributed by atoms with Gasteiger partial charge in [0, 0.05) is 19.3 Å². The van der Waals surface area contributed by atoms with Gasteiger partial charge in [-0.05, 0) is 53.0 Å². The largest absolute Gasteiger partial charge is 0.329 e. The van der Waals surface area contributed by atoms with Gasteiger partial charge in [0.15, 0.2) is 0 Å². The third-order valence-corrected chi connectivity index (χ3v) is 4.50. The SMILES string of the molecule is CCn1nc(C)cc1C(=O)N1Cc2ccnn2C(CCN(C)C)C1. The van der Waals surface area contributed by atoms with Crippen molar-refractivity contribution in [2.75, 3.05) is 27.2 Å². The van der Waals surface area contributed by atoms with E-state index in [-0.39, 0.29) is 11.9 Å². The standard InChI is InChI=1S/C17H26N6O/c1-5-22-16(10-13(2)19-22)17(24)21-11-14-6-8-18-23(14)15(12-21)7-9-20(3)4/h6,8,10,15H,5,7,9,11-12H2,1-4H3. The number of fused-ring (bicyclic) bond motifs is 1. The van der Waals surface area contributed by atoms with E-state index in [2.05, 4.69) is 33.9 Å². The van der Waals surface area contributed by atoms with Gasteiger partial charge in [-0.3, -0.25) is 14.2 Å². The first-order valence-electron chi connectivity index (χ1n) is 8.50. The summed E-state index contributed by atoms with van der Waals surface area (Å²) in [6, 6.07) is 4.10. The molecule has 3 rings (SSSR count). The second kappa shape index (κ2) is 6.76. The highest BCUT2D eigenvalue weighted by Crippen LogP contribution is 2.24. The molecule has 0 aromatic carbocycles. The number of carbonyl (C=O) groups excluding carboxylic acids is 1. The van der Waals surface area contributed by atoms with E-state index in [4.69, 9.17) is 0 Å². The van der Waals surface area contributed by atoms with E-state index in [0.29, 0.717) is 25.3 Å². The van der Waals surface area contributed by atoms with Gasteiger partial charge in [0.2, 0.25) is 0 Å². The van der Waals surface area contributed by atoms with Gasteiger partial charge in [-0.25, -0.2) is 0 Å². The third kappa shape index (κ3) is 3.21. The lowest BCUT2D eigenvalue weighted by Gasteiger charge is -2.34. The van der Waals surface area contributed by atoms with Crippen molar-refractivity contribution in [2.24, 2.45) is 0 Å². The predicted molar refractivity (Wildman–Crippen MR) is 91.8 cm³/mol. The van der Waals surface area contributed by atoms with Crippen molar-refractivity contribution in [3.05, 3.63) is 35.4 Å². The van der Waals surface area contributed by atoms with E-state index in [1.165, 1.54) is 0 Å². The molecule has 1 aliphatic rings. The monoisotopic (exact) mass is 330 g/mol. The van der Waals surface area contributed by atoms with Crippen LogP contribution in [-0.4, -0.2) is 62.5 Å². The Morgan fingerprint density at radius 1 is 1.42 bits per heavy atom. The number of nitrogens with zero attached hydrogens (tertiary/aromatic N) is 6. The zero-order chi connectivity index (χ0) is 17.3. The molecule has 1 amide bonds. The molecule has 0 bridgehead atoms. The van der Waals surface area contributed by atoms with Gasteiger partial charge in [-0.2, -0.15) is 10.2 Å². The van der Waals surface area contributed by atoms with Crippen LogP contribution in [0, 0.1) is 6.92 Å². The molecule has 24 heavy (non-hydrogen) atoms. The van der Waals surface area contributed by atoms with Crippen LogP contribution >= 0.6 is 0 Å². The van der Waals surface area contributed by atoms with Crippen LogP contribution in [0.5, 0.6) is 0 Å². The van der Waals surface area contributed by atoms with Crippen molar-refractivity contribution in [1.29, 1.82) is 0 Å². The molecule has 1 aliphatic heterocycles. The molecule has 0 N–H and O–H groups in total. The van der Waals surface area contributed by atoms with Crippen LogP contribution in [-0.2, 0) is 13.1 Å². The molecule has 0 saturated heterocycles. The van der Waals surface area contributed by atoms with Crippen molar-refractivity contribution in [1.82, 2.24) is 29.4 Å². The number of aryl methyl sites for hydroxylation is 2. The smallest absolute Gasteiger partial charge is 0.272 e. The second-order valence-electron chi connectivity index (χ2n) is 6.69. The van der Waals surface area contributed by atoms with Crippen LogP contribution in [0.4, 0.5) is 0 Å². The van der Waals surface area contributed by atoms with Crippen LogP contribution in [0.3, 0.4) is 0 Å². The predicted octanol–water partition coefficient (Wildman–Crippen LogP) is 1.56. The summed E-state index contributed by atoms with van der Waals surface area (Å²) in [7, 11) is 4.14. The fourth-order valence-electron chi connectivity index (χ4n) is 3.28. The lowest BCUT2D eigenvalue weighted by molar-refractivity contribution is 0.0647. The molecule has 1 atom stereocenters. The average Bonchev–Trinajstić information content (AvgIpc) is 3.17. The van der Waals surface area contributed by atoms with Crippen LogP contribution in [0.2, 0.25) is 0 Å². The summed E-state index contributed by atoms with van der Waals surface area (Å²) in [5, 5.41) is 8.87. The summed E-state index contributed by atoms with van der Waals surface area (Å²) in [4.78, 5) is 17.1. The number of hydrogen-bond acceptors (Lipinski definition) is 4. The van der Waals surface area contributed by atoms with Gasteiger partial charge in [0.25, 0.3) is 5.91 Å². The van der Waals surface area contributed by atoms with E-state index < -0.39 is 0 Å². The number of rotatable bonds is 5. The first kappa shape index (κ1) is 16.7. The first-order chi connectivity index (χ1) is 11.5. The van der Waals surface area contributed by atoms with E-state index in [0.717, 1.165) is 24.4 Å². The minimum absolute atomic E-state index is 0.0553. The van der Waals surface area contributed by atoms with Crippen molar-refractivity contribution < 1.29 is 4.79 Å². The molecule has 2 aromatic heterocycles.